The minimum atomic E-state index is -1.53. The lowest BCUT2D eigenvalue weighted by Gasteiger charge is -2.12. The summed E-state index contributed by atoms with van der Waals surface area (Å²) in [6.45, 7) is 0.263. The molecule has 31 heavy (non-hydrogen) atoms. The van der Waals surface area contributed by atoms with E-state index in [0.29, 0.717) is 33.7 Å². The molecule has 3 aromatic rings. The van der Waals surface area contributed by atoms with Gasteiger partial charge in [-0.3, -0.25) is 0 Å². The number of fused-ring (bicyclic) bond motifs is 1. The van der Waals surface area contributed by atoms with Crippen molar-refractivity contribution in [2.75, 3.05) is 20.3 Å². The van der Waals surface area contributed by atoms with Crippen LogP contribution in [0, 0.1) is 11.6 Å². The second-order valence-electron chi connectivity index (χ2n) is 6.55. The fourth-order valence-electron chi connectivity index (χ4n) is 2.94. The number of aliphatic hydroxyl groups excluding tert-OH is 1. The third-order valence-corrected chi connectivity index (χ3v) is 5.89. The summed E-state index contributed by atoms with van der Waals surface area (Å²) in [7, 11) is 1.55. The Bertz CT molecular complexity index is 1070. The molecule has 3 N–H and O–H groups in total. The SMILES string of the molecule is COCCCOC(=O)c1sc2cccc(Cl)c2c1COc1c(F)cc(C(N)O)cc1F. The summed E-state index contributed by atoms with van der Waals surface area (Å²) < 4.78 is 45.0. The van der Waals surface area contributed by atoms with Crippen molar-refractivity contribution >= 4 is 39.0 Å². The van der Waals surface area contributed by atoms with Crippen molar-refractivity contribution in [2.45, 2.75) is 19.3 Å². The molecule has 0 fully saturated rings. The number of esters is 1. The Morgan fingerprint density at radius 3 is 2.61 bits per heavy atom. The van der Waals surface area contributed by atoms with Crippen molar-refractivity contribution < 1.29 is 32.9 Å². The van der Waals surface area contributed by atoms with Gasteiger partial charge < -0.3 is 25.1 Å². The maximum atomic E-state index is 14.3. The number of carbonyl (C=O) groups excluding carboxylic acids is 1. The van der Waals surface area contributed by atoms with E-state index in [9.17, 15) is 18.7 Å². The lowest BCUT2D eigenvalue weighted by atomic mass is 10.1. The van der Waals surface area contributed by atoms with Gasteiger partial charge in [0.25, 0.3) is 0 Å². The Balaban J connectivity index is 1.91. The number of thiophene rings is 1. The maximum Gasteiger partial charge on any atom is 0.348 e. The van der Waals surface area contributed by atoms with Gasteiger partial charge >= 0.3 is 5.97 Å². The van der Waals surface area contributed by atoms with E-state index in [2.05, 4.69) is 0 Å². The van der Waals surface area contributed by atoms with Crippen LogP contribution in [0.15, 0.2) is 30.3 Å². The quantitative estimate of drug-likeness (QED) is 0.270. The molecule has 1 unspecified atom stereocenters. The molecule has 0 aliphatic carbocycles. The molecule has 0 saturated heterocycles. The van der Waals surface area contributed by atoms with Crippen LogP contribution in [-0.2, 0) is 16.1 Å². The molecule has 166 valence electrons. The number of benzene rings is 2. The van der Waals surface area contributed by atoms with Crippen molar-refractivity contribution in [3.8, 4) is 5.75 Å². The van der Waals surface area contributed by atoms with Crippen LogP contribution in [0.4, 0.5) is 8.78 Å². The van der Waals surface area contributed by atoms with Crippen molar-refractivity contribution in [1.82, 2.24) is 0 Å². The zero-order chi connectivity index (χ0) is 22.5. The molecule has 3 rings (SSSR count). The standard InChI is InChI=1S/C21H20ClF2NO5S/c1-28-6-3-7-29-21(27)19-12(17-13(22)4-2-5-16(17)31-19)10-30-18-14(23)8-11(20(25)26)9-15(18)24/h2,4-5,8-9,20,26H,3,6-7,10,25H2,1H3. The minimum Gasteiger partial charge on any atom is -0.483 e. The largest absolute Gasteiger partial charge is 0.483 e. The number of aliphatic hydroxyl groups is 1. The first kappa shape index (κ1) is 23.4. The van der Waals surface area contributed by atoms with Crippen LogP contribution in [0.1, 0.15) is 33.4 Å². The molecule has 1 heterocycles. The predicted molar refractivity (Wildman–Crippen MR) is 113 cm³/mol. The van der Waals surface area contributed by atoms with Crippen molar-refractivity contribution in [2.24, 2.45) is 5.73 Å². The van der Waals surface area contributed by atoms with Crippen LogP contribution in [0.25, 0.3) is 10.1 Å². The fourth-order valence-corrected chi connectivity index (χ4v) is 4.41. The van der Waals surface area contributed by atoms with E-state index >= 15 is 0 Å². The molecule has 1 aromatic heterocycles. The number of methoxy groups -OCH3 is 1. The topological polar surface area (TPSA) is 91.0 Å². The maximum absolute atomic E-state index is 14.3. The van der Waals surface area contributed by atoms with Crippen LogP contribution in [0.3, 0.4) is 0 Å². The second-order valence-corrected chi connectivity index (χ2v) is 8.01. The smallest absolute Gasteiger partial charge is 0.348 e. The minimum absolute atomic E-state index is 0.133. The summed E-state index contributed by atoms with van der Waals surface area (Å²) in [5, 5.41) is 10.2. The zero-order valence-electron chi connectivity index (χ0n) is 16.5. The van der Waals surface area contributed by atoms with E-state index in [-0.39, 0.29) is 23.7 Å². The van der Waals surface area contributed by atoms with E-state index < -0.39 is 29.6 Å². The molecular formula is C21H20ClF2NO5S. The van der Waals surface area contributed by atoms with Crippen LogP contribution >= 0.6 is 22.9 Å². The summed E-state index contributed by atoms with van der Waals surface area (Å²) in [6.07, 6.45) is -1.01. The number of hydrogen-bond donors (Lipinski definition) is 2. The highest BCUT2D eigenvalue weighted by Crippen LogP contribution is 2.37. The molecule has 10 heteroatoms. The van der Waals surface area contributed by atoms with Crippen LogP contribution in [0.5, 0.6) is 5.75 Å². The van der Waals surface area contributed by atoms with Crippen LogP contribution < -0.4 is 10.5 Å². The predicted octanol–water partition coefficient (Wildman–Crippen LogP) is 4.55. The molecule has 0 spiro atoms. The summed E-state index contributed by atoms with van der Waals surface area (Å²) in [4.78, 5) is 12.9. The summed E-state index contributed by atoms with van der Waals surface area (Å²) in [5.74, 6) is -3.31. The van der Waals surface area contributed by atoms with Gasteiger partial charge in [0, 0.05) is 46.4 Å². The molecule has 0 radical (unpaired) electrons. The second kappa shape index (κ2) is 10.3. The number of ether oxygens (including phenoxy) is 3. The van der Waals surface area contributed by atoms with Gasteiger partial charge in [0.1, 0.15) is 17.7 Å². The van der Waals surface area contributed by atoms with Gasteiger partial charge in [-0.1, -0.05) is 17.7 Å². The van der Waals surface area contributed by atoms with E-state index in [0.717, 1.165) is 23.5 Å². The molecule has 0 saturated carbocycles. The van der Waals surface area contributed by atoms with Gasteiger partial charge in [0.2, 0.25) is 0 Å². The van der Waals surface area contributed by atoms with Gasteiger partial charge in [-0.2, -0.15) is 0 Å². The highest BCUT2D eigenvalue weighted by molar-refractivity contribution is 7.21. The number of nitrogens with two attached hydrogens (primary N) is 1. The Hall–Kier alpha value is -2.30. The molecule has 1 atom stereocenters. The van der Waals surface area contributed by atoms with Crippen molar-refractivity contribution in [1.29, 1.82) is 0 Å². The average Bonchev–Trinajstić information content (AvgIpc) is 3.10. The summed E-state index contributed by atoms with van der Waals surface area (Å²) in [5.41, 5.74) is 5.48. The third kappa shape index (κ3) is 5.31. The fraction of sp³-hybridized carbons (Fsp3) is 0.286. The normalized spacial score (nSPS) is 12.2. The van der Waals surface area contributed by atoms with Crippen LogP contribution in [0.2, 0.25) is 5.02 Å². The van der Waals surface area contributed by atoms with Gasteiger partial charge in [-0.15, -0.1) is 11.3 Å². The number of rotatable bonds is 9. The summed E-state index contributed by atoms with van der Waals surface area (Å²) >= 11 is 7.47. The van der Waals surface area contributed by atoms with E-state index in [1.807, 2.05) is 0 Å². The number of hydrogen-bond acceptors (Lipinski definition) is 7. The van der Waals surface area contributed by atoms with E-state index in [4.69, 9.17) is 31.5 Å². The van der Waals surface area contributed by atoms with Gasteiger partial charge in [0.15, 0.2) is 17.4 Å². The molecule has 0 aliphatic heterocycles. The molecule has 6 nitrogen and oxygen atoms in total. The van der Waals surface area contributed by atoms with Gasteiger partial charge in [-0.05, 0) is 24.3 Å². The van der Waals surface area contributed by atoms with E-state index in [1.165, 1.54) is 0 Å². The molecule has 0 amide bonds. The monoisotopic (exact) mass is 471 g/mol. The number of halogens is 3. The Morgan fingerprint density at radius 2 is 1.97 bits per heavy atom. The first-order valence-electron chi connectivity index (χ1n) is 9.24. The Kier molecular flexibility index (Phi) is 7.79. The molecule has 2 aromatic carbocycles. The number of carbonyl (C=O) groups is 1. The molecular weight excluding hydrogens is 452 g/mol. The Morgan fingerprint density at radius 1 is 1.26 bits per heavy atom. The van der Waals surface area contributed by atoms with Crippen molar-refractivity contribution in [3.63, 3.8) is 0 Å². The van der Waals surface area contributed by atoms with Gasteiger partial charge in [0.05, 0.1) is 6.61 Å². The van der Waals surface area contributed by atoms with E-state index in [1.54, 1.807) is 25.3 Å². The Labute approximate surface area is 186 Å². The highest BCUT2D eigenvalue weighted by atomic mass is 35.5. The first-order valence-corrected chi connectivity index (χ1v) is 10.4. The lowest BCUT2D eigenvalue weighted by Crippen LogP contribution is -2.11. The lowest BCUT2D eigenvalue weighted by molar-refractivity contribution is 0.0471. The molecule has 0 aliphatic rings. The average molecular weight is 472 g/mol. The van der Waals surface area contributed by atoms with Crippen molar-refractivity contribution in [3.05, 3.63) is 63.0 Å². The molecule has 0 bridgehead atoms. The highest BCUT2D eigenvalue weighted by Gasteiger charge is 2.23. The first-order chi connectivity index (χ1) is 14.8. The van der Waals surface area contributed by atoms with Gasteiger partial charge in [-0.25, -0.2) is 13.6 Å². The zero-order valence-corrected chi connectivity index (χ0v) is 18.1. The van der Waals surface area contributed by atoms with Crippen LogP contribution in [-0.4, -0.2) is 31.4 Å². The summed E-state index contributed by atoms with van der Waals surface area (Å²) in [6, 6.07) is 6.91. The third-order valence-electron chi connectivity index (χ3n) is 4.40.